The summed E-state index contributed by atoms with van der Waals surface area (Å²) in [5, 5.41) is 3.65. The molecule has 140 valence electrons. The monoisotopic (exact) mass is 348 g/mol. The molecule has 1 aliphatic rings. The lowest BCUT2D eigenvalue weighted by Gasteiger charge is -2.21. The van der Waals surface area contributed by atoms with E-state index >= 15 is 0 Å². The van der Waals surface area contributed by atoms with E-state index in [2.05, 4.69) is 12.2 Å². The highest BCUT2D eigenvalue weighted by Gasteiger charge is 2.23. The highest BCUT2D eigenvalue weighted by Crippen LogP contribution is 2.30. The van der Waals surface area contributed by atoms with Crippen LogP contribution in [0.3, 0.4) is 0 Å². The Morgan fingerprint density at radius 2 is 2.08 bits per heavy atom. The molecule has 0 aliphatic heterocycles. The van der Waals surface area contributed by atoms with Crippen LogP contribution >= 0.6 is 0 Å². The fourth-order valence-corrected chi connectivity index (χ4v) is 3.33. The molecule has 0 radical (unpaired) electrons. The van der Waals surface area contributed by atoms with Gasteiger partial charge in [0.2, 0.25) is 0 Å². The topological polar surface area (TPSA) is 50.8 Å². The maximum Gasteiger partial charge on any atom is 0.262 e. The quantitative estimate of drug-likeness (QED) is 0.784. The Balaban J connectivity index is 2.04. The van der Waals surface area contributed by atoms with Gasteiger partial charge in [-0.15, -0.1) is 0 Å². The average Bonchev–Trinajstić information content (AvgIpc) is 2.99. The molecule has 0 heterocycles. The highest BCUT2D eigenvalue weighted by atomic mass is 16.5. The SMILES string of the molecule is CCOc1cc(CNC2CCCC2C)ccc1OC(C)C(=O)N(C)C. The number of carbonyl (C=O) groups excluding carboxylic acids is 1. The summed E-state index contributed by atoms with van der Waals surface area (Å²) in [5.74, 6) is 1.98. The number of ether oxygens (including phenoxy) is 2. The van der Waals surface area contributed by atoms with Crippen molar-refractivity contribution in [3.05, 3.63) is 23.8 Å². The molecule has 1 amide bonds. The molecule has 1 aliphatic carbocycles. The van der Waals surface area contributed by atoms with Gasteiger partial charge in [-0.2, -0.15) is 0 Å². The third-order valence-electron chi connectivity index (χ3n) is 4.83. The highest BCUT2D eigenvalue weighted by molar-refractivity contribution is 5.80. The Morgan fingerprint density at radius 3 is 2.68 bits per heavy atom. The van der Waals surface area contributed by atoms with E-state index < -0.39 is 6.10 Å². The Labute approximate surface area is 151 Å². The summed E-state index contributed by atoms with van der Waals surface area (Å²) in [4.78, 5) is 13.5. The number of nitrogens with one attached hydrogen (secondary N) is 1. The maximum absolute atomic E-state index is 12.0. The second-order valence-electron chi connectivity index (χ2n) is 7.10. The summed E-state index contributed by atoms with van der Waals surface area (Å²) >= 11 is 0. The molecule has 0 aromatic heterocycles. The van der Waals surface area contributed by atoms with Crippen LogP contribution in [0.5, 0.6) is 11.5 Å². The zero-order chi connectivity index (χ0) is 18.4. The van der Waals surface area contributed by atoms with E-state index in [0.717, 1.165) is 12.5 Å². The van der Waals surface area contributed by atoms with Crippen LogP contribution in [0.1, 0.15) is 45.6 Å². The van der Waals surface area contributed by atoms with Crippen LogP contribution in [0, 0.1) is 5.92 Å². The molecule has 25 heavy (non-hydrogen) atoms. The molecule has 0 spiro atoms. The summed E-state index contributed by atoms with van der Waals surface area (Å²) in [6.45, 7) is 7.40. The van der Waals surface area contributed by atoms with Gasteiger partial charge < -0.3 is 19.7 Å². The summed E-state index contributed by atoms with van der Waals surface area (Å²) < 4.78 is 11.6. The van der Waals surface area contributed by atoms with Gasteiger partial charge in [0.1, 0.15) is 0 Å². The Bertz CT molecular complexity index is 574. The number of hydrogen-bond donors (Lipinski definition) is 1. The predicted molar refractivity (Wildman–Crippen MR) is 100 cm³/mol. The van der Waals surface area contributed by atoms with Crippen LogP contribution in [0.15, 0.2) is 18.2 Å². The van der Waals surface area contributed by atoms with Crippen molar-refractivity contribution in [3.8, 4) is 11.5 Å². The summed E-state index contributed by atoms with van der Waals surface area (Å²) in [5.41, 5.74) is 1.17. The van der Waals surface area contributed by atoms with Gasteiger partial charge in [0.05, 0.1) is 6.61 Å². The van der Waals surface area contributed by atoms with Crippen molar-refractivity contribution in [1.29, 1.82) is 0 Å². The minimum atomic E-state index is -0.544. The fraction of sp³-hybridized carbons (Fsp3) is 0.650. The first-order valence-corrected chi connectivity index (χ1v) is 9.29. The van der Waals surface area contributed by atoms with Crippen molar-refractivity contribution in [3.63, 3.8) is 0 Å². The van der Waals surface area contributed by atoms with Crippen LogP contribution in [0.25, 0.3) is 0 Å². The summed E-state index contributed by atoms with van der Waals surface area (Å²) in [6, 6.07) is 6.55. The van der Waals surface area contributed by atoms with Crippen LogP contribution in [0.4, 0.5) is 0 Å². The summed E-state index contributed by atoms with van der Waals surface area (Å²) in [6.07, 6.45) is 3.34. The van der Waals surface area contributed by atoms with Crippen molar-refractivity contribution in [1.82, 2.24) is 10.2 Å². The molecule has 1 N–H and O–H groups in total. The van der Waals surface area contributed by atoms with E-state index in [-0.39, 0.29) is 5.91 Å². The second-order valence-corrected chi connectivity index (χ2v) is 7.10. The standard InChI is InChI=1S/C20H32N2O3/c1-6-24-19-12-16(13-21-17-9-7-8-14(17)2)10-11-18(19)25-15(3)20(23)22(4)5/h10-12,14-15,17,21H,6-9,13H2,1-5H3. The van der Waals surface area contributed by atoms with Gasteiger partial charge >= 0.3 is 0 Å². The first-order valence-electron chi connectivity index (χ1n) is 9.29. The van der Waals surface area contributed by atoms with Gasteiger partial charge in [-0.3, -0.25) is 4.79 Å². The molecule has 1 aromatic carbocycles. The van der Waals surface area contributed by atoms with E-state index in [9.17, 15) is 4.79 Å². The van der Waals surface area contributed by atoms with Gasteiger partial charge in [0.25, 0.3) is 5.91 Å². The Kier molecular flexibility index (Phi) is 7.12. The van der Waals surface area contributed by atoms with Crippen LogP contribution in [0.2, 0.25) is 0 Å². The molecule has 3 unspecified atom stereocenters. The van der Waals surface area contributed by atoms with Crippen LogP contribution in [-0.4, -0.2) is 43.7 Å². The van der Waals surface area contributed by atoms with Crippen LogP contribution in [-0.2, 0) is 11.3 Å². The van der Waals surface area contributed by atoms with E-state index in [1.165, 1.54) is 29.7 Å². The molecular weight excluding hydrogens is 316 g/mol. The van der Waals surface area contributed by atoms with E-state index in [0.29, 0.717) is 24.1 Å². The molecule has 0 bridgehead atoms. The minimum absolute atomic E-state index is 0.0663. The van der Waals surface area contributed by atoms with Crippen molar-refractivity contribution >= 4 is 5.91 Å². The molecule has 3 atom stereocenters. The average molecular weight is 348 g/mol. The largest absolute Gasteiger partial charge is 0.490 e. The normalized spacial score (nSPS) is 21.0. The number of benzene rings is 1. The van der Waals surface area contributed by atoms with Gasteiger partial charge in [-0.1, -0.05) is 19.4 Å². The van der Waals surface area contributed by atoms with Crippen molar-refractivity contribution in [2.45, 2.75) is 58.7 Å². The van der Waals surface area contributed by atoms with E-state index in [1.807, 2.05) is 25.1 Å². The molecule has 1 aromatic rings. The third-order valence-corrected chi connectivity index (χ3v) is 4.83. The minimum Gasteiger partial charge on any atom is -0.490 e. The Hall–Kier alpha value is -1.75. The number of likely N-dealkylation sites (N-methyl/N-ethyl adjacent to an activating group) is 1. The lowest BCUT2D eigenvalue weighted by Crippen LogP contribution is -2.35. The smallest absolute Gasteiger partial charge is 0.262 e. The molecule has 5 heteroatoms. The molecule has 0 saturated heterocycles. The molecule has 2 rings (SSSR count). The van der Waals surface area contributed by atoms with Gasteiger partial charge in [-0.05, 0) is 50.3 Å². The summed E-state index contributed by atoms with van der Waals surface area (Å²) in [7, 11) is 3.45. The molecular formula is C20H32N2O3. The molecule has 5 nitrogen and oxygen atoms in total. The second kappa shape index (κ2) is 9.09. The van der Waals surface area contributed by atoms with E-state index in [4.69, 9.17) is 9.47 Å². The number of nitrogens with zero attached hydrogens (tertiary/aromatic N) is 1. The molecule has 1 fully saturated rings. The van der Waals surface area contributed by atoms with Crippen LogP contribution < -0.4 is 14.8 Å². The van der Waals surface area contributed by atoms with Crippen molar-refractivity contribution < 1.29 is 14.3 Å². The zero-order valence-corrected chi connectivity index (χ0v) is 16.2. The third kappa shape index (κ3) is 5.36. The first-order chi connectivity index (χ1) is 11.9. The first kappa shape index (κ1) is 19.6. The number of carbonyl (C=O) groups is 1. The number of amides is 1. The lowest BCUT2D eigenvalue weighted by molar-refractivity contribution is -0.135. The zero-order valence-electron chi connectivity index (χ0n) is 16.2. The Morgan fingerprint density at radius 1 is 1.32 bits per heavy atom. The van der Waals surface area contributed by atoms with Gasteiger partial charge in [0, 0.05) is 26.7 Å². The number of hydrogen-bond acceptors (Lipinski definition) is 4. The van der Waals surface area contributed by atoms with Crippen molar-refractivity contribution in [2.24, 2.45) is 5.92 Å². The number of rotatable bonds is 8. The molecule has 1 saturated carbocycles. The van der Waals surface area contributed by atoms with E-state index in [1.54, 1.807) is 21.0 Å². The van der Waals surface area contributed by atoms with Gasteiger partial charge in [-0.25, -0.2) is 0 Å². The predicted octanol–water partition coefficient (Wildman–Crippen LogP) is 3.22. The maximum atomic E-state index is 12.0. The fourth-order valence-electron chi connectivity index (χ4n) is 3.33. The van der Waals surface area contributed by atoms with Gasteiger partial charge in [0.15, 0.2) is 17.6 Å². The van der Waals surface area contributed by atoms with Crippen molar-refractivity contribution in [2.75, 3.05) is 20.7 Å². The lowest BCUT2D eigenvalue weighted by atomic mass is 10.1.